The van der Waals surface area contributed by atoms with Crippen LogP contribution in [0.5, 0.6) is 11.5 Å². The number of aliphatic carboxylic acids is 1. The first-order valence-corrected chi connectivity index (χ1v) is 11.0. The van der Waals surface area contributed by atoms with Crippen LogP contribution in [0.1, 0.15) is 42.4 Å². The van der Waals surface area contributed by atoms with E-state index < -0.39 is 12.6 Å². The maximum absolute atomic E-state index is 10.7. The normalized spacial score (nSPS) is 17.6. The molecule has 0 amide bonds. The van der Waals surface area contributed by atoms with Crippen molar-refractivity contribution in [1.82, 2.24) is 0 Å². The average molecular weight is 460 g/mol. The summed E-state index contributed by atoms with van der Waals surface area (Å²) in [5, 5.41) is 19.9. The van der Waals surface area contributed by atoms with Crippen LogP contribution in [0.15, 0.2) is 41.4 Å². The fourth-order valence-corrected chi connectivity index (χ4v) is 4.31. The summed E-state index contributed by atoms with van der Waals surface area (Å²) in [6.07, 6.45) is 9.36. The van der Waals surface area contributed by atoms with Crippen molar-refractivity contribution in [3.63, 3.8) is 0 Å². The number of phenolic OH excluding ortho intramolecular Hbond substituents is 1. The summed E-state index contributed by atoms with van der Waals surface area (Å²) in [6, 6.07) is 8.73. The van der Waals surface area contributed by atoms with Crippen molar-refractivity contribution in [3.8, 4) is 11.5 Å². The number of nitrogens with zero attached hydrogens (tertiary/aromatic N) is 1. The second-order valence-corrected chi connectivity index (χ2v) is 8.88. The van der Waals surface area contributed by atoms with Crippen LogP contribution >= 0.6 is 23.2 Å². The van der Waals surface area contributed by atoms with Crippen LogP contribution in [-0.4, -0.2) is 35.0 Å². The van der Waals surface area contributed by atoms with E-state index in [1.54, 1.807) is 18.2 Å². The topological polar surface area (TPSA) is 79.1 Å². The van der Waals surface area contributed by atoms with Gasteiger partial charge in [0, 0.05) is 33.8 Å². The lowest BCUT2D eigenvalue weighted by atomic mass is 9.97. The number of rotatable bonds is 9. The summed E-state index contributed by atoms with van der Waals surface area (Å²) in [7, 11) is 0. The zero-order valence-electron chi connectivity index (χ0n) is 16.9. The quantitative estimate of drug-likeness (QED) is 0.497. The van der Waals surface area contributed by atoms with Crippen LogP contribution < -0.4 is 4.74 Å². The minimum Gasteiger partial charge on any atom is -0.507 e. The molecular weight excluding hydrogens is 437 g/mol. The number of phenols is 1. The molecule has 0 aromatic heterocycles. The smallest absolute Gasteiger partial charge is 0.341 e. The molecule has 2 aromatic rings. The third-order valence-electron chi connectivity index (χ3n) is 5.57. The monoisotopic (exact) mass is 459 g/mol. The Morgan fingerprint density at radius 3 is 2.55 bits per heavy atom. The van der Waals surface area contributed by atoms with Gasteiger partial charge in [0.15, 0.2) is 6.61 Å². The van der Waals surface area contributed by atoms with Gasteiger partial charge in [0.2, 0.25) is 0 Å². The number of hydrogen-bond acceptors (Lipinski definition) is 4. The predicted octanol–water partition coefficient (Wildman–Crippen LogP) is 5.78. The van der Waals surface area contributed by atoms with Crippen LogP contribution in [-0.2, 0) is 11.2 Å². The molecule has 0 saturated heterocycles. The summed E-state index contributed by atoms with van der Waals surface area (Å²) < 4.78 is 5.16. The lowest BCUT2D eigenvalue weighted by Crippen LogP contribution is -2.09. The minimum absolute atomic E-state index is 0.181. The number of carboxylic acid groups (broad SMARTS) is 1. The van der Waals surface area contributed by atoms with Crippen molar-refractivity contribution >= 4 is 41.0 Å². The first kappa shape index (κ1) is 21.7. The van der Waals surface area contributed by atoms with E-state index in [0.717, 1.165) is 29.0 Å². The summed E-state index contributed by atoms with van der Waals surface area (Å²) in [4.78, 5) is 15.3. The van der Waals surface area contributed by atoms with Crippen molar-refractivity contribution in [3.05, 3.63) is 63.1 Å². The van der Waals surface area contributed by atoms with E-state index in [1.165, 1.54) is 19.3 Å². The van der Waals surface area contributed by atoms with Gasteiger partial charge in [-0.1, -0.05) is 48.2 Å². The molecule has 2 N–H and O–H groups in total. The second kappa shape index (κ2) is 9.33. The van der Waals surface area contributed by atoms with Crippen LogP contribution in [0.25, 0.3) is 5.57 Å². The third kappa shape index (κ3) is 5.60. The number of ether oxygens (including phenoxy) is 1. The van der Waals surface area contributed by atoms with E-state index in [0.29, 0.717) is 27.8 Å². The molecule has 162 valence electrons. The summed E-state index contributed by atoms with van der Waals surface area (Å²) >= 11 is 12.8. The van der Waals surface area contributed by atoms with Gasteiger partial charge in [-0.25, -0.2) is 4.79 Å². The molecule has 1 aliphatic heterocycles. The van der Waals surface area contributed by atoms with Gasteiger partial charge in [-0.15, -0.1) is 0 Å². The second-order valence-electron chi connectivity index (χ2n) is 8.06. The molecule has 0 bridgehead atoms. The fourth-order valence-electron chi connectivity index (χ4n) is 3.71. The van der Waals surface area contributed by atoms with Gasteiger partial charge in [0.05, 0.1) is 6.04 Å². The molecule has 1 atom stereocenters. The van der Waals surface area contributed by atoms with E-state index in [9.17, 15) is 9.90 Å². The summed E-state index contributed by atoms with van der Waals surface area (Å²) in [5.74, 6) is 0.309. The maximum atomic E-state index is 10.7. The molecule has 7 heteroatoms. The highest BCUT2D eigenvalue weighted by molar-refractivity contribution is 6.36. The van der Waals surface area contributed by atoms with Crippen LogP contribution in [0.2, 0.25) is 10.0 Å². The van der Waals surface area contributed by atoms with Crippen molar-refractivity contribution in [2.24, 2.45) is 10.9 Å². The first-order valence-electron chi connectivity index (χ1n) is 10.3. The highest BCUT2D eigenvalue weighted by Gasteiger charge is 2.23. The molecule has 1 aliphatic carbocycles. The maximum Gasteiger partial charge on any atom is 0.341 e. The zero-order chi connectivity index (χ0) is 22.0. The Labute approximate surface area is 191 Å². The highest BCUT2D eigenvalue weighted by atomic mass is 35.5. The van der Waals surface area contributed by atoms with E-state index >= 15 is 0 Å². The number of allylic oxidation sites excluding steroid dienone is 1. The van der Waals surface area contributed by atoms with Crippen molar-refractivity contribution in [2.45, 2.75) is 38.1 Å². The van der Waals surface area contributed by atoms with Gasteiger partial charge in [0.1, 0.15) is 11.5 Å². The Balaban J connectivity index is 1.50. The molecule has 5 nitrogen and oxygen atoms in total. The SMILES string of the molecule is O=C(O)COc1cc(Cl)c(Cc2ccc(O)c(C3=CC(CCC4CC4)N=C3)c2)c(Cl)c1. The Bertz CT molecular complexity index is 1040. The molecule has 0 radical (unpaired) electrons. The molecule has 1 unspecified atom stereocenters. The number of aliphatic imine (C=N–C) groups is 1. The number of carboxylic acids is 1. The van der Waals surface area contributed by atoms with E-state index in [4.69, 9.17) is 33.0 Å². The number of benzene rings is 2. The molecular formula is C24H23Cl2NO4. The van der Waals surface area contributed by atoms with Crippen LogP contribution in [0.3, 0.4) is 0 Å². The van der Waals surface area contributed by atoms with Gasteiger partial charge < -0.3 is 14.9 Å². The van der Waals surface area contributed by atoms with Crippen molar-refractivity contribution < 1.29 is 19.7 Å². The minimum atomic E-state index is -1.08. The molecule has 0 spiro atoms. The average Bonchev–Trinajstić information content (AvgIpc) is 3.44. The highest BCUT2D eigenvalue weighted by Crippen LogP contribution is 2.37. The summed E-state index contributed by atoms with van der Waals surface area (Å²) in [6.45, 7) is -0.467. The van der Waals surface area contributed by atoms with Crippen molar-refractivity contribution in [1.29, 1.82) is 0 Å². The van der Waals surface area contributed by atoms with Crippen LogP contribution in [0, 0.1) is 5.92 Å². The molecule has 2 aliphatic rings. The van der Waals surface area contributed by atoms with Gasteiger partial charge in [-0.05, 0) is 54.2 Å². The third-order valence-corrected chi connectivity index (χ3v) is 6.25. The Hall–Kier alpha value is -2.50. The number of hydrogen-bond donors (Lipinski definition) is 2. The Kier molecular flexibility index (Phi) is 6.54. The Morgan fingerprint density at radius 1 is 1.13 bits per heavy atom. The number of carbonyl (C=O) groups is 1. The van der Waals surface area contributed by atoms with E-state index in [-0.39, 0.29) is 11.8 Å². The van der Waals surface area contributed by atoms with Crippen LogP contribution in [0.4, 0.5) is 0 Å². The van der Waals surface area contributed by atoms with E-state index in [2.05, 4.69) is 11.1 Å². The largest absolute Gasteiger partial charge is 0.507 e. The predicted molar refractivity (Wildman–Crippen MR) is 123 cm³/mol. The van der Waals surface area contributed by atoms with Crippen molar-refractivity contribution in [2.75, 3.05) is 6.61 Å². The molecule has 2 aromatic carbocycles. The molecule has 1 heterocycles. The first-order chi connectivity index (χ1) is 14.9. The zero-order valence-corrected chi connectivity index (χ0v) is 18.4. The molecule has 4 rings (SSSR count). The molecule has 1 fully saturated rings. The number of halogens is 2. The Morgan fingerprint density at radius 2 is 1.87 bits per heavy atom. The van der Waals surface area contributed by atoms with Gasteiger partial charge in [-0.2, -0.15) is 0 Å². The van der Waals surface area contributed by atoms with Gasteiger partial charge >= 0.3 is 5.97 Å². The fraction of sp³-hybridized carbons (Fsp3) is 0.333. The number of aromatic hydroxyl groups is 1. The standard InChI is InChI=1S/C24H23Cl2NO4/c25-21-10-18(31-13-24(29)30)11-22(26)20(21)8-15-4-6-23(28)19(7-15)16-9-17(27-12-16)5-3-14-1-2-14/h4,6-7,9-12,14,17,28H,1-3,5,8,13H2,(H,29,30). The lowest BCUT2D eigenvalue weighted by Gasteiger charge is -2.12. The van der Waals surface area contributed by atoms with Gasteiger partial charge in [0.25, 0.3) is 0 Å². The summed E-state index contributed by atoms with van der Waals surface area (Å²) in [5.41, 5.74) is 3.31. The van der Waals surface area contributed by atoms with Gasteiger partial charge in [-0.3, -0.25) is 4.99 Å². The molecule has 1 saturated carbocycles. The van der Waals surface area contributed by atoms with E-state index in [1.807, 2.05) is 18.3 Å². The lowest BCUT2D eigenvalue weighted by molar-refractivity contribution is -0.139. The molecule has 31 heavy (non-hydrogen) atoms.